The van der Waals surface area contributed by atoms with Gasteiger partial charge in [0.1, 0.15) is 0 Å². The van der Waals surface area contributed by atoms with E-state index in [0.29, 0.717) is 10.6 Å². The molecule has 6 heteroatoms. The van der Waals surface area contributed by atoms with E-state index in [1.807, 2.05) is 0 Å². The van der Waals surface area contributed by atoms with Gasteiger partial charge in [0.25, 0.3) is 0 Å². The van der Waals surface area contributed by atoms with Crippen molar-refractivity contribution in [2.24, 2.45) is 5.10 Å². The third kappa shape index (κ3) is 4.50. The maximum atomic E-state index is 12.9. The molecule has 0 amide bonds. The van der Waals surface area contributed by atoms with Crippen molar-refractivity contribution in [1.82, 2.24) is 0 Å². The van der Waals surface area contributed by atoms with Gasteiger partial charge >= 0.3 is 0 Å². The van der Waals surface area contributed by atoms with Crippen molar-refractivity contribution in [3.63, 3.8) is 0 Å². The molecule has 0 aliphatic carbocycles. The highest BCUT2D eigenvalue weighted by Gasteiger charge is 2.00. The van der Waals surface area contributed by atoms with Crippen LogP contribution in [-0.4, -0.2) is 6.21 Å². The van der Waals surface area contributed by atoms with E-state index in [1.54, 1.807) is 24.3 Å². The van der Waals surface area contributed by atoms with E-state index < -0.39 is 11.6 Å². The molecule has 2 rings (SSSR count). The number of hydrogen-bond acceptors (Lipinski definition) is 2. The number of benzene rings is 2. The monoisotopic (exact) mass is 302 g/mol. The molecule has 2 nitrogen and oxygen atoms in total. The quantitative estimate of drug-likeness (QED) is 0.656. The Morgan fingerprint density at radius 2 is 1.68 bits per heavy atom. The summed E-state index contributed by atoms with van der Waals surface area (Å²) in [5.41, 5.74) is 3.97. The Balaban J connectivity index is 0.00000180. The SMILES string of the molecule is Cl.Fc1ccc(C=NNc2ccc(Cl)cc2)cc1F. The fourth-order valence-corrected chi connectivity index (χ4v) is 1.42. The molecule has 0 heterocycles. The molecule has 0 fully saturated rings. The van der Waals surface area contributed by atoms with E-state index in [9.17, 15) is 8.78 Å². The van der Waals surface area contributed by atoms with E-state index in [-0.39, 0.29) is 12.4 Å². The molecule has 0 atom stereocenters. The Morgan fingerprint density at radius 1 is 1.00 bits per heavy atom. The van der Waals surface area contributed by atoms with Gasteiger partial charge in [0, 0.05) is 5.02 Å². The molecule has 0 aliphatic rings. The van der Waals surface area contributed by atoms with Crippen molar-refractivity contribution in [3.8, 4) is 0 Å². The Bertz CT molecular complexity index is 571. The van der Waals surface area contributed by atoms with Crippen LogP contribution in [0.1, 0.15) is 5.56 Å². The van der Waals surface area contributed by atoms with Crippen molar-refractivity contribution in [2.45, 2.75) is 0 Å². The molecule has 0 spiro atoms. The average Bonchev–Trinajstić information content (AvgIpc) is 2.36. The summed E-state index contributed by atoms with van der Waals surface area (Å²) >= 11 is 5.73. The van der Waals surface area contributed by atoms with Crippen LogP contribution in [0.15, 0.2) is 47.6 Å². The van der Waals surface area contributed by atoms with Gasteiger partial charge < -0.3 is 0 Å². The van der Waals surface area contributed by atoms with E-state index in [2.05, 4.69) is 10.5 Å². The first-order chi connectivity index (χ1) is 8.65. The largest absolute Gasteiger partial charge is 0.279 e. The maximum absolute atomic E-state index is 12.9. The zero-order valence-corrected chi connectivity index (χ0v) is 11.2. The first kappa shape index (κ1) is 15.4. The van der Waals surface area contributed by atoms with Crippen molar-refractivity contribution in [3.05, 3.63) is 64.7 Å². The zero-order chi connectivity index (χ0) is 13.0. The second kappa shape index (κ2) is 7.07. The number of anilines is 1. The van der Waals surface area contributed by atoms with Gasteiger partial charge in [0.05, 0.1) is 11.9 Å². The maximum Gasteiger partial charge on any atom is 0.159 e. The van der Waals surface area contributed by atoms with Gasteiger partial charge in [-0.25, -0.2) is 8.78 Å². The Kier molecular flexibility index (Phi) is 5.73. The van der Waals surface area contributed by atoms with Gasteiger partial charge in [0.2, 0.25) is 0 Å². The lowest BCUT2D eigenvalue weighted by Crippen LogP contribution is -1.92. The lowest BCUT2D eigenvalue weighted by molar-refractivity contribution is 0.508. The van der Waals surface area contributed by atoms with Crippen LogP contribution in [-0.2, 0) is 0 Å². The second-order valence-electron chi connectivity index (χ2n) is 3.55. The molecule has 0 unspecified atom stereocenters. The predicted octanol–water partition coefficient (Wildman–Crippen LogP) is 4.49. The molecule has 0 radical (unpaired) electrons. The normalized spacial score (nSPS) is 10.3. The molecule has 1 N–H and O–H groups in total. The van der Waals surface area contributed by atoms with Gasteiger partial charge in [-0.05, 0) is 42.0 Å². The second-order valence-corrected chi connectivity index (χ2v) is 3.99. The van der Waals surface area contributed by atoms with Crippen LogP contribution in [0.3, 0.4) is 0 Å². The predicted molar refractivity (Wildman–Crippen MR) is 76.3 cm³/mol. The Labute approximate surface area is 120 Å². The first-order valence-corrected chi connectivity index (χ1v) is 5.52. The minimum Gasteiger partial charge on any atom is -0.279 e. The summed E-state index contributed by atoms with van der Waals surface area (Å²) in [5, 5.41) is 4.53. The summed E-state index contributed by atoms with van der Waals surface area (Å²) in [6.07, 6.45) is 1.40. The summed E-state index contributed by atoms with van der Waals surface area (Å²) < 4.78 is 25.6. The lowest BCUT2D eigenvalue weighted by atomic mass is 10.2. The minimum atomic E-state index is -0.898. The van der Waals surface area contributed by atoms with Crippen molar-refractivity contribution >= 4 is 35.9 Å². The van der Waals surface area contributed by atoms with Crippen LogP contribution >= 0.6 is 24.0 Å². The highest BCUT2D eigenvalue weighted by Crippen LogP contribution is 2.13. The van der Waals surface area contributed by atoms with E-state index in [4.69, 9.17) is 11.6 Å². The summed E-state index contributed by atoms with van der Waals surface area (Å²) in [5.74, 6) is -1.77. The molecule has 0 aromatic heterocycles. The Hall–Kier alpha value is -1.65. The molecule has 0 aliphatic heterocycles. The van der Waals surface area contributed by atoms with E-state index in [1.165, 1.54) is 12.3 Å². The highest BCUT2D eigenvalue weighted by molar-refractivity contribution is 6.30. The van der Waals surface area contributed by atoms with Crippen molar-refractivity contribution < 1.29 is 8.78 Å². The highest BCUT2D eigenvalue weighted by atomic mass is 35.5. The smallest absolute Gasteiger partial charge is 0.159 e. The summed E-state index contributed by atoms with van der Waals surface area (Å²) in [6.45, 7) is 0. The molecule has 0 saturated heterocycles. The molecule has 19 heavy (non-hydrogen) atoms. The molecule has 0 bridgehead atoms. The summed E-state index contributed by atoms with van der Waals surface area (Å²) in [6, 6.07) is 10.5. The van der Waals surface area contributed by atoms with Crippen LogP contribution < -0.4 is 5.43 Å². The minimum absolute atomic E-state index is 0. The summed E-state index contributed by atoms with van der Waals surface area (Å²) in [7, 11) is 0. The number of halogens is 4. The van der Waals surface area contributed by atoms with Gasteiger partial charge in [-0.3, -0.25) is 5.43 Å². The van der Waals surface area contributed by atoms with Crippen molar-refractivity contribution in [1.29, 1.82) is 0 Å². The number of hydrazone groups is 1. The van der Waals surface area contributed by atoms with Crippen molar-refractivity contribution in [2.75, 3.05) is 5.43 Å². The molecule has 0 saturated carbocycles. The number of hydrogen-bond donors (Lipinski definition) is 1. The molecular weight excluding hydrogens is 293 g/mol. The molecular formula is C13H10Cl2F2N2. The van der Waals surface area contributed by atoms with Crippen LogP contribution in [0.25, 0.3) is 0 Å². The zero-order valence-electron chi connectivity index (χ0n) is 9.61. The molecule has 100 valence electrons. The van der Waals surface area contributed by atoms with Gasteiger partial charge in [-0.15, -0.1) is 12.4 Å². The van der Waals surface area contributed by atoms with Crippen LogP contribution in [0, 0.1) is 11.6 Å². The summed E-state index contributed by atoms with van der Waals surface area (Å²) in [4.78, 5) is 0. The Morgan fingerprint density at radius 3 is 2.32 bits per heavy atom. The first-order valence-electron chi connectivity index (χ1n) is 5.15. The third-order valence-corrected chi connectivity index (χ3v) is 2.45. The standard InChI is InChI=1S/C13H9ClF2N2.ClH/c14-10-2-4-11(5-3-10)18-17-8-9-1-6-12(15)13(16)7-9;/h1-8,18H;1H. The van der Waals surface area contributed by atoms with Gasteiger partial charge in [-0.1, -0.05) is 17.7 Å². The number of rotatable bonds is 3. The number of nitrogens with zero attached hydrogens (tertiary/aromatic N) is 1. The molecule has 2 aromatic rings. The molecule has 2 aromatic carbocycles. The third-order valence-electron chi connectivity index (χ3n) is 2.20. The average molecular weight is 303 g/mol. The van der Waals surface area contributed by atoms with E-state index >= 15 is 0 Å². The van der Waals surface area contributed by atoms with Crippen LogP contribution in [0.2, 0.25) is 5.02 Å². The fraction of sp³-hybridized carbons (Fsp3) is 0. The fourth-order valence-electron chi connectivity index (χ4n) is 1.30. The van der Waals surface area contributed by atoms with E-state index in [0.717, 1.165) is 17.8 Å². The van der Waals surface area contributed by atoms with Crippen LogP contribution in [0.4, 0.5) is 14.5 Å². The van der Waals surface area contributed by atoms with Gasteiger partial charge in [0.15, 0.2) is 11.6 Å². The van der Waals surface area contributed by atoms with Crippen LogP contribution in [0.5, 0.6) is 0 Å². The van der Waals surface area contributed by atoms with Gasteiger partial charge in [-0.2, -0.15) is 5.10 Å². The topological polar surface area (TPSA) is 24.4 Å². The lowest BCUT2D eigenvalue weighted by Gasteiger charge is -1.99. The number of nitrogens with one attached hydrogen (secondary N) is 1.